The fourth-order valence-corrected chi connectivity index (χ4v) is 1.21. The third-order valence-electron chi connectivity index (χ3n) is 0.996. The van der Waals surface area contributed by atoms with Gasteiger partial charge in [-0.1, -0.05) is 6.07 Å². The van der Waals surface area contributed by atoms with Crippen molar-refractivity contribution in [3.8, 4) is 0 Å². The summed E-state index contributed by atoms with van der Waals surface area (Å²) in [6, 6.07) is 3.68. The van der Waals surface area contributed by atoms with Gasteiger partial charge >= 0.3 is 18.9 Å². The molecule has 2 nitrogen and oxygen atoms in total. The van der Waals surface area contributed by atoms with E-state index in [4.69, 9.17) is 10.8 Å². The Bertz CT molecular complexity index is 273. The summed E-state index contributed by atoms with van der Waals surface area (Å²) in [7, 11) is 0. The van der Waals surface area contributed by atoms with Crippen molar-refractivity contribution in [2.75, 3.05) is 0 Å². The standard InChI is InChI=1S/C7H5N2S.Li/c8-4-3-6(9)7-2-1-5-10-7;/h1-3,5,9H;/q-1;+1. The van der Waals surface area contributed by atoms with E-state index in [-0.39, 0.29) is 24.6 Å². The van der Waals surface area contributed by atoms with Crippen molar-refractivity contribution in [2.24, 2.45) is 0 Å². The van der Waals surface area contributed by atoms with Crippen LogP contribution in [0, 0.1) is 5.41 Å². The molecule has 0 saturated heterocycles. The van der Waals surface area contributed by atoms with E-state index >= 15 is 0 Å². The van der Waals surface area contributed by atoms with Crippen LogP contribution in [0.1, 0.15) is 4.88 Å². The Balaban J connectivity index is 0.000001000. The number of allylic oxidation sites excluding steroid dienone is 1. The SMILES string of the molecule is [Li+].[N-]=C=CC(=N)c1cccs1. The van der Waals surface area contributed by atoms with E-state index < -0.39 is 0 Å². The van der Waals surface area contributed by atoms with Gasteiger partial charge < -0.3 is 5.41 Å². The summed E-state index contributed by atoms with van der Waals surface area (Å²) in [6.45, 7) is 0. The van der Waals surface area contributed by atoms with Crippen LogP contribution in [0.2, 0.25) is 0 Å². The zero-order valence-corrected chi connectivity index (χ0v) is 6.98. The first kappa shape index (κ1) is 10.4. The van der Waals surface area contributed by atoms with Crippen LogP contribution in [-0.4, -0.2) is 11.6 Å². The molecule has 0 unspecified atom stereocenters. The molecule has 50 valence electrons. The summed E-state index contributed by atoms with van der Waals surface area (Å²) in [6.07, 6.45) is 1.23. The molecule has 0 atom stereocenters. The zero-order valence-electron chi connectivity index (χ0n) is 6.16. The largest absolute Gasteiger partial charge is 1.00 e. The second-order valence-electron chi connectivity index (χ2n) is 1.66. The Hall–Kier alpha value is -0.583. The predicted molar refractivity (Wildman–Crippen MR) is 44.1 cm³/mol. The molecule has 0 amide bonds. The molecule has 0 aliphatic heterocycles. The number of nitrogens with one attached hydrogen (secondary N) is 1. The van der Waals surface area contributed by atoms with Gasteiger partial charge in [0.2, 0.25) is 0 Å². The molecular formula is C7H5LiN2S. The molecule has 0 aromatic carbocycles. The van der Waals surface area contributed by atoms with Gasteiger partial charge in [0.15, 0.2) is 0 Å². The van der Waals surface area contributed by atoms with Gasteiger partial charge in [-0.3, -0.25) is 11.3 Å². The maximum absolute atomic E-state index is 8.19. The van der Waals surface area contributed by atoms with E-state index in [2.05, 4.69) is 0 Å². The first-order chi connectivity index (χ1) is 4.84. The van der Waals surface area contributed by atoms with Crippen molar-refractivity contribution >= 4 is 22.9 Å². The van der Waals surface area contributed by atoms with Crippen molar-refractivity contribution in [1.82, 2.24) is 0 Å². The number of nitrogens with zero attached hydrogens (tertiary/aromatic N) is 1. The molecule has 1 N–H and O–H groups in total. The average molecular weight is 156 g/mol. The third-order valence-corrected chi connectivity index (χ3v) is 1.90. The first-order valence-electron chi connectivity index (χ1n) is 2.70. The van der Waals surface area contributed by atoms with Crippen LogP contribution in [-0.2, 0) is 0 Å². The summed E-state index contributed by atoms with van der Waals surface area (Å²) in [5, 5.41) is 17.4. The zero-order chi connectivity index (χ0) is 7.40. The van der Waals surface area contributed by atoms with Crippen molar-refractivity contribution in [2.45, 2.75) is 0 Å². The van der Waals surface area contributed by atoms with E-state index in [0.29, 0.717) is 0 Å². The summed E-state index contributed by atoms with van der Waals surface area (Å²) in [5.74, 6) is 1.81. The third kappa shape index (κ3) is 2.88. The molecule has 1 heterocycles. The second kappa shape index (κ2) is 5.12. The van der Waals surface area contributed by atoms with Gasteiger partial charge in [0.25, 0.3) is 0 Å². The maximum atomic E-state index is 8.19. The van der Waals surface area contributed by atoms with Crippen molar-refractivity contribution in [3.05, 3.63) is 33.9 Å². The van der Waals surface area contributed by atoms with E-state index in [9.17, 15) is 0 Å². The predicted octanol–water partition coefficient (Wildman–Crippen LogP) is -1.08. The van der Waals surface area contributed by atoms with Crippen LogP contribution >= 0.6 is 11.3 Å². The molecule has 1 aromatic heterocycles. The minimum atomic E-state index is 0. The quantitative estimate of drug-likeness (QED) is 0.418. The van der Waals surface area contributed by atoms with Crippen molar-refractivity contribution in [3.63, 3.8) is 0 Å². The van der Waals surface area contributed by atoms with Gasteiger partial charge in [-0.05, 0) is 17.5 Å². The van der Waals surface area contributed by atoms with Gasteiger partial charge in [0.05, 0.1) is 10.6 Å². The smallest absolute Gasteiger partial charge is 0.763 e. The van der Waals surface area contributed by atoms with Gasteiger partial charge in [0, 0.05) is 0 Å². The molecule has 0 saturated carbocycles. The van der Waals surface area contributed by atoms with Crippen LogP contribution in [0.3, 0.4) is 0 Å². The van der Waals surface area contributed by atoms with E-state index in [1.807, 2.05) is 23.4 Å². The van der Waals surface area contributed by atoms with E-state index in [0.717, 1.165) is 4.88 Å². The Labute approximate surface area is 81.1 Å². The Morgan fingerprint density at radius 3 is 2.91 bits per heavy atom. The number of thiophene rings is 1. The second-order valence-corrected chi connectivity index (χ2v) is 2.61. The van der Waals surface area contributed by atoms with E-state index in [1.54, 1.807) is 0 Å². The van der Waals surface area contributed by atoms with Crippen LogP contribution in [0.25, 0.3) is 5.41 Å². The molecule has 0 aliphatic carbocycles. The molecule has 4 heteroatoms. The van der Waals surface area contributed by atoms with Crippen LogP contribution in [0.5, 0.6) is 0 Å². The van der Waals surface area contributed by atoms with Gasteiger partial charge in [-0.2, -0.15) is 0 Å². The monoisotopic (exact) mass is 156 g/mol. The normalized spacial score (nSPS) is 7.64. The molecule has 0 fully saturated rings. The molecule has 1 rings (SSSR count). The first-order valence-corrected chi connectivity index (χ1v) is 3.58. The van der Waals surface area contributed by atoms with Crippen LogP contribution in [0.4, 0.5) is 0 Å². The Morgan fingerprint density at radius 2 is 2.45 bits per heavy atom. The van der Waals surface area contributed by atoms with Gasteiger partial charge in [-0.25, -0.2) is 0 Å². The summed E-state index contributed by atoms with van der Waals surface area (Å²) >= 11 is 1.46. The van der Waals surface area contributed by atoms with Gasteiger partial charge in [0.1, 0.15) is 0 Å². The fourth-order valence-electron chi connectivity index (χ4n) is 0.567. The Kier molecular flexibility index (Phi) is 4.85. The van der Waals surface area contributed by atoms with Crippen LogP contribution in [0.15, 0.2) is 23.6 Å². The minimum absolute atomic E-state index is 0. The fraction of sp³-hybridized carbons (Fsp3) is 0. The van der Waals surface area contributed by atoms with E-state index in [1.165, 1.54) is 17.4 Å². The summed E-state index contributed by atoms with van der Waals surface area (Å²) < 4.78 is 0. The number of hydrogen-bond acceptors (Lipinski definition) is 2. The Morgan fingerprint density at radius 1 is 1.73 bits per heavy atom. The molecule has 0 radical (unpaired) electrons. The number of hydrogen-bond donors (Lipinski definition) is 1. The summed E-state index contributed by atoms with van der Waals surface area (Å²) in [5.41, 5.74) is 0.289. The van der Waals surface area contributed by atoms with Gasteiger partial charge in [-0.15, -0.1) is 11.3 Å². The number of rotatable bonds is 2. The molecule has 0 aliphatic rings. The van der Waals surface area contributed by atoms with Crippen molar-refractivity contribution < 1.29 is 18.9 Å². The topological polar surface area (TPSA) is 46.2 Å². The molecule has 1 aromatic rings. The van der Waals surface area contributed by atoms with Crippen LogP contribution < -0.4 is 18.9 Å². The summed E-state index contributed by atoms with van der Waals surface area (Å²) in [4.78, 5) is 0.835. The average Bonchev–Trinajstić information content (AvgIpc) is 2.38. The molecule has 11 heavy (non-hydrogen) atoms. The minimum Gasteiger partial charge on any atom is -0.763 e. The van der Waals surface area contributed by atoms with Crippen molar-refractivity contribution in [1.29, 1.82) is 5.41 Å². The molecular weight excluding hydrogens is 151 g/mol. The molecule has 0 spiro atoms. The maximum Gasteiger partial charge on any atom is 1.00 e. The molecule has 0 bridgehead atoms.